The summed E-state index contributed by atoms with van der Waals surface area (Å²) in [6.07, 6.45) is 0.921. The molecule has 0 aliphatic heterocycles. The summed E-state index contributed by atoms with van der Waals surface area (Å²) in [7, 11) is 0. The Morgan fingerprint density at radius 2 is 1.96 bits per heavy atom. The van der Waals surface area contributed by atoms with E-state index >= 15 is 0 Å². The average molecular weight is 436 g/mol. The van der Waals surface area contributed by atoms with E-state index in [0.29, 0.717) is 11.3 Å². The van der Waals surface area contributed by atoms with Gasteiger partial charge in [0.05, 0.1) is 18.0 Å². The van der Waals surface area contributed by atoms with E-state index in [2.05, 4.69) is 31.8 Å². The van der Waals surface area contributed by atoms with Gasteiger partial charge in [-0.15, -0.1) is 0 Å². The van der Waals surface area contributed by atoms with E-state index in [1.165, 1.54) is 24.4 Å². The van der Waals surface area contributed by atoms with Gasteiger partial charge in [0.2, 0.25) is 11.8 Å². The van der Waals surface area contributed by atoms with Crippen molar-refractivity contribution in [3.05, 3.63) is 58.3 Å². The number of hydrogen-bond acceptors (Lipinski definition) is 4. The summed E-state index contributed by atoms with van der Waals surface area (Å²) >= 11 is 3.37. The van der Waals surface area contributed by atoms with Gasteiger partial charge in [-0.1, -0.05) is 28.1 Å². The summed E-state index contributed by atoms with van der Waals surface area (Å²) in [5, 5.41) is 6.18. The Bertz CT molecular complexity index is 856. The van der Waals surface area contributed by atoms with E-state index in [1.54, 1.807) is 18.2 Å². The lowest BCUT2D eigenvalue weighted by Gasteiger charge is -2.12. The monoisotopic (exact) mass is 435 g/mol. The number of para-hydroxylation sites is 1. The highest BCUT2D eigenvalue weighted by atomic mass is 79.9. The molecule has 0 aromatic heterocycles. The Morgan fingerprint density at radius 1 is 1.22 bits per heavy atom. The molecule has 0 fully saturated rings. The third-order valence-electron chi connectivity index (χ3n) is 3.20. The fraction of sp³-hybridized carbons (Fsp3) is 0.211. The van der Waals surface area contributed by atoms with Crippen molar-refractivity contribution < 1.29 is 18.7 Å². The SMILES string of the molecule is CC(C)Oc1ccc(Br)cc1C=NNC(=O)CC(=O)Nc1ccccc1F. The normalized spacial score (nSPS) is 10.9. The van der Waals surface area contributed by atoms with Crippen molar-refractivity contribution in [3.63, 3.8) is 0 Å². The van der Waals surface area contributed by atoms with Crippen molar-refractivity contribution in [1.82, 2.24) is 5.43 Å². The predicted octanol–water partition coefficient (Wildman–Crippen LogP) is 3.85. The van der Waals surface area contributed by atoms with Gasteiger partial charge in [0, 0.05) is 10.0 Å². The molecule has 0 spiro atoms. The summed E-state index contributed by atoms with van der Waals surface area (Å²) in [5.74, 6) is -1.22. The van der Waals surface area contributed by atoms with Crippen molar-refractivity contribution in [2.45, 2.75) is 26.4 Å². The molecule has 0 aliphatic carbocycles. The van der Waals surface area contributed by atoms with Crippen molar-refractivity contribution in [3.8, 4) is 5.75 Å². The van der Waals surface area contributed by atoms with Crippen LogP contribution < -0.4 is 15.5 Å². The smallest absolute Gasteiger partial charge is 0.249 e. The van der Waals surface area contributed by atoms with Crippen LogP contribution in [0, 0.1) is 5.82 Å². The molecule has 2 N–H and O–H groups in total. The van der Waals surface area contributed by atoms with Crippen LogP contribution in [0.2, 0.25) is 0 Å². The van der Waals surface area contributed by atoms with Gasteiger partial charge in [-0.2, -0.15) is 5.10 Å². The summed E-state index contributed by atoms with van der Waals surface area (Å²) in [6.45, 7) is 3.80. The molecule has 8 heteroatoms. The zero-order chi connectivity index (χ0) is 19.8. The molecule has 2 rings (SSSR count). The van der Waals surface area contributed by atoms with Gasteiger partial charge < -0.3 is 10.1 Å². The third kappa shape index (κ3) is 6.82. The van der Waals surface area contributed by atoms with Crippen molar-refractivity contribution in [2.24, 2.45) is 5.10 Å². The van der Waals surface area contributed by atoms with E-state index in [0.717, 1.165) is 4.47 Å². The average Bonchev–Trinajstić information content (AvgIpc) is 2.59. The molecular weight excluding hydrogens is 417 g/mol. The number of benzene rings is 2. The van der Waals surface area contributed by atoms with E-state index < -0.39 is 24.1 Å². The Morgan fingerprint density at radius 3 is 2.67 bits per heavy atom. The predicted molar refractivity (Wildman–Crippen MR) is 105 cm³/mol. The molecule has 0 unspecified atom stereocenters. The summed E-state index contributed by atoms with van der Waals surface area (Å²) in [5.41, 5.74) is 2.95. The summed E-state index contributed by atoms with van der Waals surface area (Å²) < 4.78 is 20.0. The first-order valence-corrected chi connectivity index (χ1v) is 8.97. The topological polar surface area (TPSA) is 79.8 Å². The molecule has 0 saturated carbocycles. The lowest BCUT2D eigenvalue weighted by atomic mass is 10.2. The van der Waals surface area contributed by atoms with E-state index in [4.69, 9.17) is 4.74 Å². The number of nitrogens with one attached hydrogen (secondary N) is 2. The number of carbonyl (C=O) groups excluding carboxylic acids is 2. The highest BCUT2D eigenvalue weighted by Crippen LogP contribution is 2.22. The molecule has 2 amide bonds. The molecule has 0 aliphatic rings. The second-order valence-electron chi connectivity index (χ2n) is 5.85. The minimum absolute atomic E-state index is 0.0170. The van der Waals surface area contributed by atoms with Gasteiger partial charge in [-0.05, 0) is 44.2 Å². The highest BCUT2D eigenvalue weighted by Gasteiger charge is 2.11. The van der Waals surface area contributed by atoms with Crippen LogP contribution in [-0.2, 0) is 9.59 Å². The molecular formula is C19H19BrFN3O3. The number of halogens is 2. The van der Waals surface area contributed by atoms with E-state index in [1.807, 2.05) is 19.9 Å². The Hall–Kier alpha value is -2.74. The third-order valence-corrected chi connectivity index (χ3v) is 3.69. The number of anilines is 1. The van der Waals surface area contributed by atoms with Gasteiger partial charge in [0.1, 0.15) is 18.0 Å². The van der Waals surface area contributed by atoms with Gasteiger partial charge in [0.15, 0.2) is 0 Å². The van der Waals surface area contributed by atoms with Gasteiger partial charge in [-0.25, -0.2) is 9.82 Å². The van der Waals surface area contributed by atoms with Crippen LogP contribution in [0.4, 0.5) is 10.1 Å². The number of hydrazone groups is 1. The maximum Gasteiger partial charge on any atom is 0.249 e. The fourth-order valence-corrected chi connectivity index (χ4v) is 2.48. The van der Waals surface area contributed by atoms with Crippen molar-refractivity contribution in [1.29, 1.82) is 0 Å². The standard InChI is InChI=1S/C19H19BrFN3O3/c1-12(2)27-17-8-7-14(20)9-13(17)11-22-24-19(26)10-18(25)23-16-6-4-3-5-15(16)21/h3-9,11-12H,10H2,1-2H3,(H,23,25)(H,24,26). The van der Waals surface area contributed by atoms with E-state index in [-0.39, 0.29) is 11.8 Å². The van der Waals surface area contributed by atoms with Gasteiger partial charge >= 0.3 is 0 Å². The van der Waals surface area contributed by atoms with E-state index in [9.17, 15) is 14.0 Å². The first-order chi connectivity index (χ1) is 12.8. The molecule has 0 heterocycles. The largest absolute Gasteiger partial charge is 0.490 e. The number of carbonyl (C=O) groups is 2. The molecule has 0 saturated heterocycles. The van der Waals surface area contributed by atoms with Crippen LogP contribution in [0.1, 0.15) is 25.8 Å². The number of hydrogen-bond donors (Lipinski definition) is 2. The minimum Gasteiger partial charge on any atom is -0.490 e. The lowest BCUT2D eigenvalue weighted by molar-refractivity contribution is -0.126. The second-order valence-corrected chi connectivity index (χ2v) is 6.76. The van der Waals surface area contributed by atoms with Gasteiger partial charge in [0.25, 0.3) is 0 Å². The van der Waals surface area contributed by atoms with Gasteiger partial charge in [-0.3, -0.25) is 9.59 Å². The second kappa shape index (κ2) is 9.82. The minimum atomic E-state index is -0.640. The molecule has 2 aromatic carbocycles. The zero-order valence-electron chi connectivity index (χ0n) is 14.8. The number of nitrogens with zero attached hydrogens (tertiary/aromatic N) is 1. The highest BCUT2D eigenvalue weighted by molar-refractivity contribution is 9.10. The number of rotatable bonds is 7. The van der Waals surface area contributed by atoms with Crippen LogP contribution in [0.15, 0.2) is 52.0 Å². The summed E-state index contributed by atoms with van der Waals surface area (Å²) in [6, 6.07) is 11.1. The molecule has 142 valence electrons. The first-order valence-electron chi connectivity index (χ1n) is 8.17. The molecule has 6 nitrogen and oxygen atoms in total. The maximum atomic E-state index is 13.5. The molecule has 0 bridgehead atoms. The number of amides is 2. The Balaban J connectivity index is 1.92. The maximum absolute atomic E-state index is 13.5. The van der Waals surface area contributed by atoms with Crippen molar-refractivity contribution in [2.75, 3.05) is 5.32 Å². The van der Waals surface area contributed by atoms with Crippen LogP contribution in [-0.4, -0.2) is 24.1 Å². The fourth-order valence-electron chi connectivity index (χ4n) is 2.10. The Labute approximate surface area is 164 Å². The zero-order valence-corrected chi connectivity index (χ0v) is 16.4. The first kappa shape index (κ1) is 20.6. The quantitative estimate of drug-likeness (QED) is 0.393. The molecule has 2 aromatic rings. The molecule has 0 atom stereocenters. The lowest BCUT2D eigenvalue weighted by Crippen LogP contribution is -2.25. The van der Waals surface area contributed by atoms with Crippen molar-refractivity contribution >= 4 is 39.6 Å². The van der Waals surface area contributed by atoms with Crippen LogP contribution in [0.25, 0.3) is 0 Å². The van der Waals surface area contributed by atoms with Crippen LogP contribution in [0.3, 0.4) is 0 Å². The molecule has 0 radical (unpaired) electrons. The van der Waals surface area contributed by atoms with Crippen LogP contribution in [0.5, 0.6) is 5.75 Å². The summed E-state index contributed by atoms with van der Waals surface area (Å²) in [4.78, 5) is 23.6. The molecule has 27 heavy (non-hydrogen) atoms. The Kier molecular flexibility index (Phi) is 7.48. The van der Waals surface area contributed by atoms with Crippen LogP contribution >= 0.6 is 15.9 Å². The number of ether oxygens (including phenoxy) is 1.